The number of hydrogen-bond donors (Lipinski definition) is 2. The van der Waals surface area contributed by atoms with Crippen molar-refractivity contribution in [3.8, 4) is 0 Å². The lowest BCUT2D eigenvalue weighted by atomic mass is 9.94. The van der Waals surface area contributed by atoms with Crippen LogP contribution in [0.15, 0.2) is 65.5 Å². The quantitative estimate of drug-likeness (QED) is 0.484. The molecule has 4 aromatic rings. The van der Waals surface area contributed by atoms with Crippen LogP contribution in [0.4, 0.5) is 11.6 Å². The number of carbonyl (C=O) groups is 1. The Bertz CT molecular complexity index is 1360. The van der Waals surface area contributed by atoms with Crippen LogP contribution >= 0.6 is 11.3 Å². The molecule has 0 aliphatic carbocycles. The van der Waals surface area contributed by atoms with Gasteiger partial charge in [-0.3, -0.25) is 15.0 Å². The van der Waals surface area contributed by atoms with E-state index >= 15 is 0 Å². The molecular formula is C24H22N4O3S. The molecule has 162 valence electrons. The lowest BCUT2D eigenvalue weighted by molar-refractivity contribution is -0.0379. The Kier molecular flexibility index (Phi) is 5.03. The van der Waals surface area contributed by atoms with Gasteiger partial charge in [0, 0.05) is 22.5 Å². The van der Waals surface area contributed by atoms with Crippen LogP contribution in [0.5, 0.6) is 0 Å². The van der Waals surface area contributed by atoms with E-state index < -0.39 is 5.91 Å². The van der Waals surface area contributed by atoms with Crippen LogP contribution in [0.25, 0.3) is 10.2 Å². The zero-order valence-electron chi connectivity index (χ0n) is 17.7. The van der Waals surface area contributed by atoms with Gasteiger partial charge in [0.2, 0.25) is 5.95 Å². The van der Waals surface area contributed by atoms with Crippen molar-refractivity contribution in [2.75, 3.05) is 10.7 Å². The Labute approximate surface area is 188 Å². The summed E-state index contributed by atoms with van der Waals surface area (Å²) < 4.78 is 7.14. The molecule has 0 saturated heterocycles. The van der Waals surface area contributed by atoms with E-state index in [1.165, 1.54) is 16.0 Å². The Morgan fingerprint density at radius 1 is 1.09 bits per heavy atom. The molecule has 3 heterocycles. The van der Waals surface area contributed by atoms with E-state index in [9.17, 15) is 9.59 Å². The monoisotopic (exact) mass is 446 g/mol. The van der Waals surface area contributed by atoms with Gasteiger partial charge in [0.15, 0.2) is 0 Å². The van der Waals surface area contributed by atoms with E-state index in [0.29, 0.717) is 28.8 Å². The number of thiophene rings is 1. The largest absolute Gasteiger partial charge is 0.370 e. The molecule has 0 bridgehead atoms. The van der Waals surface area contributed by atoms with Gasteiger partial charge in [0.05, 0.1) is 17.6 Å². The van der Waals surface area contributed by atoms with Crippen molar-refractivity contribution in [1.29, 1.82) is 0 Å². The second-order valence-electron chi connectivity index (χ2n) is 8.28. The molecule has 32 heavy (non-hydrogen) atoms. The first kappa shape index (κ1) is 20.4. The third-order valence-electron chi connectivity index (χ3n) is 5.38. The fraction of sp³-hybridized carbons (Fsp3) is 0.208. The Morgan fingerprint density at radius 2 is 1.78 bits per heavy atom. The number of ether oxygens (including phenoxy) is 1. The molecule has 1 aliphatic rings. The van der Waals surface area contributed by atoms with Crippen LogP contribution in [-0.2, 0) is 17.8 Å². The fourth-order valence-corrected chi connectivity index (χ4v) is 4.88. The van der Waals surface area contributed by atoms with Crippen LogP contribution < -0.4 is 16.3 Å². The molecule has 7 nitrogen and oxygen atoms in total. The number of fused-ring (bicyclic) bond motifs is 3. The van der Waals surface area contributed by atoms with E-state index in [2.05, 4.69) is 10.7 Å². The van der Waals surface area contributed by atoms with Gasteiger partial charge in [-0.2, -0.15) is 4.68 Å². The number of aromatic nitrogens is 2. The molecule has 2 aromatic carbocycles. The highest BCUT2D eigenvalue weighted by atomic mass is 32.1. The average molecular weight is 447 g/mol. The lowest BCUT2D eigenvalue weighted by Gasteiger charge is -2.29. The normalized spacial score (nSPS) is 14.7. The minimum absolute atomic E-state index is 0.247. The maximum atomic E-state index is 13.7. The van der Waals surface area contributed by atoms with Crippen molar-refractivity contribution in [2.24, 2.45) is 0 Å². The third-order valence-corrected chi connectivity index (χ3v) is 6.48. The summed E-state index contributed by atoms with van der Waals surface area (Å²) >= 11 is 1.46. The number of amides is 1. The average Bonchev–Trinajstić information content (AvgIpc) is 3.14. The number of rotatable bonds is 4. The van der Waals surface area contributed by atoms with Crippen molar-refractivity contribution >= 4 is 39.1 Å². The van der Waals surface area contributed by atoms with Crippen molar-refractivity contribution in [3.63, 3.8) is 0 Å². The Hall–Kier alpha value is -3.49. The Balaban J connectivity index is 1.66. The number of para-hydroxylation sites is 1. The van der Waals surface area contributed by atoms with Gasteiger partial charge in [0.1, 0.15) is 4.83 Å². The first-order valence-corrected chi connectivity index (χ1v) is 11.1. The van der Waals surface area contributed by atoms with Gasteiger partial charge in [-0.05, 0) is 43.7 Å². The van der Waals surface area contributed by atoms with Gasteiger partial charge >= 0.3 is 0 Å². The second-order valence-corrected chi connectivity index (χ2v) is 9.37. The summed E-state index contributed by atoms with van der Waals surface area (Å²) in [5.41, 5.74) is 4.22. The van der Waals surface area contributed by atoms with Gasteiger partial charge < -0.3 is 10.1 Å². The van der Waals surface area contributed by atoms with E-state index in [1.807, 2.05) is 50.2 Å². The van der Waals surface area contributed by atoms with Crippen molar-refractivity contribution < 1.29 is 9.53 Å². The number of carbonyl (C=O) groups excluding carboxylic acids is 1. The summed E-state index contributed by atoms with van der Waals surface area (Å²) in [6.07, 6.45) is 0.608. The molecule has 0 unspecified atom stereocenters. The zero-order valence-corrected chi connectivity index (χ0v) is 18.5. The third kappa shape index (κ3) is 3.79. The van der Waals surface area contributed by atoms with Gasteiger partial charge in [-0.15, -0.1) is 11.3 Å². The van der Waals surface area contributed by atoms with Gasteiger partial charge in [-0.1, -0.05) is 36.4 Å². The SMILES string of the molecule is CC1(C)Cc2c(sc3nc(Nc4ccccc4)n(NC(=O)c4ccccc4)c(=O)c23)CO1. The summed E-state index contributed by atoms with van der Waals surface area (Å²) in [6, 6.07) is 18.2. The molecule has 2 N–H and O–H groups in total. The summed E-state index contributed by atoms with van der Waals surface area (Å²) in [7, 11) is 0. The van der Waals surface area contributed by atoms with E-state index in [1.54, 1.807) is 24.3 Å². The lowest BCUT2D eigenvalue weighted by Crippen LogP contribution is -2.36. The molecule has 0 atom stereocenters. The maximum absolute atomic E-state index is 13.7. The number of hydrogen-bond acceptors (Lipinski definition) is 6. The minimum Gasteiger partial charge on any atom is -0.370 e. The maximum Gasteiger partial charge on any atom is 0.283 e. The van der Waals surface area contributed by atoms with Crippen LogP contribution in [0.1, 0.15) is 34.6 Å². The fourth-order valence-electron chi connectivity index (χ4n) is 3.79. The number of anilines is 2. The van der Waals surface area contributed by atoms with Crippen LogP contribution in [0.2, 0.25) is 0 Å². The van der Waals surface area contributed by atoms with Crippen LogP contribution in [0.3, 0.4) is 0 Å². The van der Waals surface area contributed by atoms with Crippen molar-refractivity contribution in [1.82, 2.24) is 9.66 Å². The van der Waals surface area contributed by atoms with Crippen LogP contribution in [-0.4, -0.2) is 21.2 Å². The van der Waals surface area contributed by atoms with E-state index in [-0.39, 0.29) is 17.1 Å². The summed E-state index contributed by atoms with van der Waals surface area (Å²) in [5.74, 6) is -0.144. The smallest absolute Gasteiger partial charge is 0.283 e. The standard InChI is InChI=1S/C24H22N4O3S/c1-24(2)13-17-18(14-31-24)32-21-19(17)22(30)28(27-20(29)15-9-5-3-6-10-15)23(26-21)25-16-11-7-4-8-12-16/h3-12H,13-14H2,1-2H3,(H,25,26)(H,27,29). The summed E-state index contributed by atoms with van der Waals surface area (Å²) in [4.78, 5) is 32.9. The molecule has 2 aromatic heterocycles. The highest BCUT2D eigenvalue weighted by molar-refractivity contribution is 7.18. The second kappa shape index (κ2) is 7.89. The van der Waals surface area contributed by atoms with E-state index in [0.717, 1.165) is 16.1 Å². The molecule has 0 radical (unpaired) electrons. The minimum atomic E-state index is -0.391. The van der Waals surface area contributed by atoms with E-state index in [4.69, 9.17) is 9.72 Å². The number of benzene rings is 2. The highest BCUT2D eigenvalue weighted by Gasteiger charge is 2.31. The van der Waals surface area contributed by atoms with Gasteiger partial charge in [0.25, 0.3) is 11.5 Å². The predicted octanol–water partition coefficient (Wildman–Crippen LogP) is 4.44. The molecular weight excluding hydrogens is 424 g/mol. The number of nitrogens with one attached hydrogen (secondary N) is 2. The predicted molar refractivity (Wildman–Crippen MR) is 126 cm³/mol. The first-order valence-electron chi connectivity index (χ1n) is 10.3. The van der Waals surface area contributed by atoms with Crippen LogP contribution in [0, 0.1) is 0 Å². The molecule has 0 fully saturated rings. The summed E-state index contributed by atoms with van der Waals surface area (Å²) in [5, 5.41) is 3.71. The van der Waals surface area contributed by atoms with Crippen molar-refractivity contribution in [2.45, 2.75) is 32.5 Å². The molecule has 0 saturated carbocycles. The molecule has 1 aliphatic heterocycles. The van der Waals surface area contributed by atoms with Gasteiger partial charge in [-0.25, -0.2) is 4.98 Å². The highest BCUT2D eigenvalue weighted by Crippen LogP contribution is 2.37. The molecule has 8 heteroatoms. The number of nitrogens with zero attached hydrogens (tertiary/aromatic N) is 2. The van der Waals surface area contributed by atoms with Crippen molar-refractivity contribution in [3.05, 3.63) is 87.0 Å². The molecule has 5 rings (SSSR count). The zero-order chi connectivity index (χ0) is 22.3. The Morgan fingerprint density at radius 3 is 2.50 bits per heavy atom. The summed E-state index contributed by atoms with van der Waals surface area (Å²) in [6.45, 7) is 4.46. The molecule has 0 spiro atoms. The topological polar surface area (TPSA) is 85.3 Å². The molecule has 1 amide bonds. The first-order chi connectivity index (χ1) is 15.4.